The van der Waals surface area contributed by atoms with E-state index in [9.17, 15) is 5.11 Å². The van der Waals surface area contributed by atoms with E-state index in [0.29, 0.717) is 0 Å². The Balaban J connectivity index is 2.18. The van der Waals surface area contributed by atoms with Crippen molar-refractivity contribution in [1.82, 2.24) is 4.90 Å². The van der Waals surface area contributed by atoms with E-state index in [4.69, 9.17) is 0 Å². The summed E-state index contributed by atoms with van der Waals surface area (Å²) >= 11 is 0. The minimum Gasteiger partial charge on any atom is -0.381 e. The van der Waals surface area contributed by atoms with Gasteiger partial charge in [-0.15, -0.1) is 0 Å². The first-order valence-corrected chi connectivity index (χ1v) is 7.38. The molecule has 1 saturated heterocycles. The number of hydrogen-bond acceptors (Lipinski definition) is 2. The summed E-state index contributed by atoms with van der Waals surface area (Å²) in [4.78, 5) is 2.54. The first-order chi connectivity index (χ1) is 8.50. The number of likely N-dealkylation sites (tertiary alicyclic amines) is 1. The fourth-order valence-electron chi connectivity index (χ4n) is 3.28. The van der Waals surface area contributed by atoms with Gasteiger partial charge in [0.05, 0.1) is 5.54 Å². The lowest BCUT2D eigenvalue weighted by atomic mass is 9.79. The molecule has 0 aromatic rings. The summed E-state index contributed by atoms with van der Waals surface area (Å²) in [6.45, 7) is 8.82. The van der Waals surface area contributed by atoms with Crippen LogP contribution in [0.25, 0.3) is 0 Å². The highest BCUT2D eigenvalue weighted by Crippen LogP contribution is 2.35. The van der Waals surface area contributed by atoms with Gasteiger partial charge in [-0.25, -0.2) is 0 Å². The maximum atomic E-state index is 10.6. The fraction of sp³-hybridized carbons (Fsp3) is 0.750. The Labute approximate surface area is 111 Å². The lowest BCUT2D eigenvalue weighted by Gasteiger charge is -2.44. The van der Waals surface area contributed by atoms with Crippen LogP contribution in [0.2, 0.25) is 0 Å². The zero-order valence-electron chi connectivity index (χ0n) is 12.1. The van der Waals surface area contributed by atoms with Crippen LogP contribution in [-0.2, 0) is 0 Å². The van der Waals surface area contributed by atoms with E-state index < -0.39 is 5.60 Å². The molecule has 0 saturated carbocycles. The fourth-order valence-corrected chi connectivity index (χ4v) is 3.28. The van der Waals surface area contributed by atoms with Crippen LogP contribution in [0.1, 0.15) is 52.9 Å². The van der Waals surface area contributed by atoms with Crippen LogP contribution in [0, 0.1) is 0 Å². The Morgan fingerprint density at radius 1 is 1.22 bits per heavy atom. The number of piperidine rings is 1. The Kier molecular flexibility index (Phi) is 3.98. The summed E-state index contributed by atoms with van der Waals surface area (Å²) in [6.07, 6.45) is 12.3. The van der Waals surface area contributed by atoms with Crippen LogP contribution in [-0.4, -0.2) is 34.2 Å². The summed E-state index contributed by atoms with van der Waals surface area (Å²) in [5, 5.41) is 10.6. The molecule has 2 heteroatoms. The number of nitrogens with zero attached hydrogens (tertiary/aromatic N) is 1. The van der Waals surface area contributed by atoms with Crippen molar-refractivity contribution in [2.24, 2.45) is 0 Å². The molecule has 0 aromatic heterocycles. The van der Waals surface area contributed by atoms with E-state index in [2.05, 4.69) is 37.8 Å². The minimum atomic E-state index is -0.704. The molecule has 2 nitrogen and oxygen atoms in total. The van der Waals surface area contributed by atoms with Crippen LogP contribution < -0.4 is 0 Å². The molecular weight excluding hydrogens is 222 g/mol. The van der Waals surface area contributed by atoms with Gasteiger partial charge in [-0.3, -0.25) is 4.90 Å². The molecule has 102 valence electrons. The topological polar surface area (TPSA) is 23.5 Å². The van der Waals surface area contributed by atoms with Gasteiger partial charge in [0.15, 0.2) is 0 Å². The van der Waals surface area contributed by atoms with Crippen LogP contribution in [0.5, 0.6) is 0 Å². The van der Waals surface area contributed by atoms with Crippen molar-refractivity contribution in [3.63, 3.8) is 0 Å². The zero-order valence-corrected chi connectivity index (χ0v) is 12.1. The number of aliphatic hydroxyl groups is 1. The third-order valence-electron chi connectivity index (χ3n) is 4.56. The quantitative estimate of drug-likeness (QED) is 0.776. The van der Waals surface area contributed by atoms with E-state index in [1.165, 1.54) is 32.4 Å². The molecule has 0 aromatic carbocycles. The molecule has 1 aliphatic heterocycles. The summed E-state index contributed by atoms with van der Waals surface area (Å²) in [5.74, 6) is 0. The molecule has 1 fully saturated rings. The average Bonchev–Trinajstić information content (AvgIpc) is 2.37. The summed E-state index contributed by atoms with van der Waals surface area (Å²) in [7, 11) is 0. The molecule has 1 heterocycles. The average molecular weight is 249 g/mol. The highest BCUT2D eigenvalue weighted by molar-refractivity contribution is 5.36. The van der Waals surface area contributed by atoms with E-state index in [1.807, 2.05) is 6.08 Å². The van der Waals surface area contributed by atoms with Crippen molar-refractivity contribution in [2.75, 3.05) is 13.1 Å². The standard InChI is InChI=1S/C16H27NO/c1-4-8-16(18)10-9-15(3,13-14(16)2)17-11-6-5-7-12-17/h9-10,13,18H,4-8,11-12H2,1-3H3. The molecule has 1 N–H and O–H groups in total. The Bertz CT molecular complexity index is 354. The third-order valence-corrected chi connectivity index (χ3v) is 4.56. The van der Waals surface area contributed by atoms with Gasteiger partial charge < -0.3 is 5.11 Å². The molecular formula is C16H27NO. The van der Waals surface area contributed by atoms with Crippen molar-refractivity contribution in [1.29, 1.82) is 0 Å². The molecule has 2 unspecified atom stereocenters. The number of rotatable bonds is 3. The van der Waals surface area contributed by atoms with Crippen LogP contribution >= 0.6 is 0 Å². The Morgan fingerprint density at radius 3 is 2.44 bits per heavy atom. The molecule has 0 spiro atoms. The highest BCUT2D eigenvalue weighted by atomic mass is 16.3. The molecule has 0 amide bonds. The van der Waals surface area contributed by atoms with Crippen molar-refractivity contribution >= 4 is 0 Å². The van der Waals surface area contributed by atoms with Gasteiger partial charge >= 0.3 is 0 Å². The predicted octanol–water partition coefficient (Wildman–Crippen LogP) is 3.28. The van der Waals surface area contributed by atoms with E-state index in [1.54, 1.807) is 0 Å². The highest BCUT2D eigenvalue weighted by Gasteiger charge is 2.36. The SMILES string of the molecule is CCCC1(O)C=CC(C)(N2CCCCC2)C=C1C. The van der Waals surface area contributed by atoms with Gasteiger partial charge in [0, 0.05) is 0 Å². The molecule has 2 aliphatic rings. The Hall–Kier alpha value is -0.600. The second-order valence-electron chi connectivity index (χ2n) is 6.11. The smallest absolute Gasteiger partial charge is 0.104 e. The Morgan fingerprint density at radius 2 is 1.89 bits per heavy atom. The van der Waals surface area contributed by atoms with Gasteiger partial charge in [0.25, 0.3) is 0 Å². The molecule has 2 atom stereocenters. The lowest BCUT2D eigenvalue weighted by Crippen LogP contribution is -2.49. The predicted molar refractivity (Wildman–Crippen MR) is 76.6 cm³/mol. The second-order valence-corrected chi connectivity index (χ2v) is 6.11. The van der Waals surface area contributed by atoms with Crippen LogP contribution in [0.4, 0.5) is 0 Å². The van der Waals surface area contributed by atoms with Gasteiger partial charge in [-0.05, 0) is 51.8 Å². The van der Waals surface area contributed by atoms with E-state index in [-0.39, 0.29) is 5.54 Å². The molecule has 18 heavy (non-hydrogen) atoms. The lowest BCUT2D eigenvalue weighted by molar-refractivity contribution is 0.100. The first kappa shape index (κ1) is 13.8. The van der Waals surface area contributed by atoms with Gasteiger partial charge in [-0.2, -0.15) is 0 Å². The first-order valence-electron chi connectivity index (χ1n) is 7.38. The van der Waals surface area contributed by atoms with Crippen LogP contribution in [0.3, 0.4) is 0 Å². The van der Waals surface area contributed by atoms with E-state index in [0.717, 1.165) is 18.4 Å². The maximum absolute atomic E-state index is 10.6. The van der Waals surface area contributed by atoms with Crippen molar-refractivity contribution < 1.29 is 5.11 Å². The summed E-state index contributed by atoms with van der Waals surface area (Å²) in [6, 6.07) is 0. The summed E-state index contributed by atoms with van der Waals surface area (Å²) in [5.41, 5.74) is 0.411. The molecule has 1 aliphatic carbocycles. The monoisotopic (exact) mass is 249 g/mol. The van der Waals surface area contributed by atoms with E-state index >= 15 is 0 Å². The summed E-state index contributed by atoms with van der Waals surface area (Å²) < 4.78 is 0. The maximum Gasteiger partial charge on any atom is 0.104 e. The van der Waals surface area contributed by atoms with Gasteiger partial charge in [0.1, 0.15) is 5.60 Å². The molecule has 2 rings (SSSR count). The zero-order chi connectivity index (χ0) is 13.2. The molecule has 0 bridgehead atoms. The van der Waals surface area contributed by atoms with Crippen molar-refractivity contribution in [3.8, 4) is 0 Å². The largest absolute Gasteiger partial charge is 0.381 e. The third kappa shape index (κ3) is 2.55. The normalized spacial score (nSPS) is 37.7. The van der Waals surface area contributed by atoms with Crippen molar-refractivity contribution in [3.05, 3.63) is 23.8 Å². The van der Waals surface area contributed by atoms with Crippen LogP contribution in [0.15, 0.2) is 23.8 Å². The molecule has 0 radical (unpaired) electrons. The second kappa shape index (κ2) is 5.18. The van der Waals surface area contributed by atoms with Crippen molar-refractivity contribution in [2.45, 2.75) is 64.0 Å². The van der Waals surface area contributed by atoms with Gasteiger partial charge in [0.2, 0.25) is 0 Å². The number of hydrogen-bond donors (Lipinski definition) is 1. The van der Waals surface area contributed by atoms with Gasteiger partial charge in [-0.1, -0.05) is 38.0 Å². The minimum absolute atomic E-state index is 0.00444.